The van der Waals surface area contributed by atoms with Gasteiger partial charge in [-0.25, -0.2) is 0 Å². The molecule has 34 heavy (non-hydrogen) atoms. The molecule has 10 nitrogen and oxygen atoms in total. The zero-order valence-corrected chi connectivity index (χ0v) is 17.5. The van der Waals surface area contributed by atoms with Crippen LogP contribution in [0.2, 0.25) is 0 Å². The molecule has 5 rings (SSSR count). The van der Waals surface area contributed by atoms with Crippen LogP contribution in [0.15, 0.2) is 36.4 Å². The summed E-state index contributed by atoms with van der Waals surface area (Å²) < 4.78 is 11.4. The average molecular weight is 468 g/mol. The van der Waals surface area contributed by atoms with Gasteiger partial charge < -0.3 is 45.2 Å². The first-order valence-electron chi connectivity index (χ1n) is 10.3. The number of hydrogen-bond donors (Lipinski definition) is 7. The van der Waals surface area contributed by atoms with Crippen molar-refractivity contribution in [2.24, 2.45) is 0 Å². The van der Waals surface area contributed by atoms with E-state index in [2.05, 4.69) is 0 Å². The Morgan fingerprint density at radius 2 is 1.44 bits per heavy atom. The number of carbonyl (C=O) groups is 1. The van der Waals surface area contributed by atoms with Gasteiger partial charge in [-0.2, -0.15) is 0 Å². The molecule has 2 aliphatic heterocycles. The molecule has 7 N–H and O–H groups in total. The molecule has 2 heterocycles. The summed E-state index contributed by atoms with van der Waals surface area (Å²) in [6, 6.07) is 7.61. The van der Waals surface area contributed by atoms with Crippen molar-refractivity contribution < 1.29 is 50.0 Å². The molecular weight excluding hydrogens is 448 g/mol. The highest BCUT2D eigenvalue weighted by Gasteiger charge is 2.40. The maximum Gasteiger partial charge on any atom is 0.312 e. The molecule has 0 fully saturated rings. The number of carbonyl (C=O) groups excluding carboxylic acids is 1. The van der Waals surface area contributed by atoms with E-state index in [1.165, 1.54) is 36.4 Å². The van der Waals surface area contributed by atoms with Crippen molar-refractivity contribution in [1.82, 2.24) is 0 Å². The number of ether oxygens (including phenoxy) is 2. The summed E-state index contributed by atoms with van der Waals surface area (Å²) in [7, 11) is 0. The third-order valence-electron chi connectivity index (χ3n) is 6.13. The maximum absolute atomic E-state index is 12.3. The number of aliphatic hydroxyl groups is 1. The van der Waals surface area contributed by atoms with Gasteiger partial charge in [-0.3, -0.25) is 4.79 Å². The summed E-state index contributed by atoms with van der Waals surface area (Å²) in [5, 5.41) is 70.5. The number of benzene rings is 3. The molecule has 176 valence electrons. The molecule has 0 spiro atoms. The Kier molecular flexibility index (Phi) is 4.83. The summed E-state index contributed by atoms with van der Waals surface area (Å²) in [6.07, 6.45) is -2.34. The van der Waals surface area contributed by atoms with Crippen LogP contribution in [0.3, 0.4) is 0 Å². The summed E-state index contributed by atoms with van der Waals surface area (Å²) in [6.45, 7) is 0. The Hall–Kier alpha value is -4.31. The van der Waals surface area contributed by atoms with Crippen molar-refractivity contribution in [2.75, 3.05) is 0 Å². The second kappa shape index (κ2) is 7.63. The van der Waals surface area contributed by atoms with Crippen LogP contribution in [0.25, 0.3) is 0 Å². The van der Waals surface area contributed by atoms with Crippen molar-refractivity contribution in [1.29, 1.82) is 0 Å². The van der Waals surface area contributed by atoms with Gasteiger partial charge >= 0.3 is 5.97 Å². The van der Waals surface area contributed by atoms with Crippen molar-refractivity contribution >= 4 is 5.97 Å². The van der Waals surface area contributed by atoms with Crippen LogP contribution < -0.4 is 9.47 Å². The molecule has 0 radical (unpaired) electrons. The van der Waals surface area contributed by atoms with Gasteiger partial charge in [-0.15, -0.1) is 0 Å². The standard InChI is InChI=1S/C24H20O10/c25-13-2-1-9(3-15(13)27)23-18(30)6-12-14(26)8-19-21(24(12)34-23)11(7-20(31)33-19)10-4-16(28)22(32)17(29)5-10/h1-5,8,11,18,23,25-30,32H,6-7H2/t11-,18-,23+/m1/s1. The van der Waals surface area contributed by atoms with Gasteiger partial charge in [0.25, 0.3) is 0 Å². The number of phenols is 6. The molecule has 0 saturated heterocycles. The van der Waals surface area contributed by atoms with Gasteiger partial charge in [0, 0.05) is 29.5 Å². The molecule has 10 heteroatoms. The fourth-order valence-electron chi connectivity index (χ4n) is 4.50. The molecule has 0 amide bonds. The van der Waals surface area contributed by atoms with Crippen LogP contribution in [-0.4, -0.2) is 47.8 Å². The lowest BCUT2D eigenvalue weighted by atomic mass is 9.82. The van der Waals surface area contributed by atoms with Crippen LogP contribution in [0.4, 0.5) is 0 Å². The number of esters is 1. The smallest absolute Gasteiger partial charge is 0.312 e. The minimum atomic E-state index is -1.12. The van der Waals surface area contributed by atoms with E-state index in [1.54, 1.807) is 0 Å². The minimum absolute atomic E-state index is 0.00764. The van der Waals surface area contributed by atoms with Crippen LogP contribution in [0.1, 0.15) is 40.7 Å². The largest absolute Gasteiger partial charge is 0.507 e. The fraction of sp³-hybridized carbons (Fsp3) is 0.208. The van der Waals surface area contributed by atoms with Crippen molar-refractivity contribution in [3.63, 3.8) is 0 Å². The summed E-state index contributed by atoms with van der Waals surface area (Å²) >= 11 is 0. The van der Waals surface area contributed by atoms with E-state index >= 15 is 0 Å². The Morgan fingerprint density at radius 3 is 2.12 bits per heavy atom. The normalized spacial score (nSPS) is 21.2. The quantitative estimate of drug-likeness (QED) is 0.168. The highest BCUT2D eigenvalue weighted by molar-refractivity contribution is 5.80. The minimum Gasteiger partial charge on any atom is -0.507 e. The lowest BCUT2D eigenvalue weighted by Crippen LogP contribution is -2.32. The number of aromatic hydroxyl groups is 6. The first-order valence-corrected chi connectivity index (χ1v) is 10.3. The maximum atomic E-state index is 12.3. The molecule has 0 saturated carbocycles. The molecule has 0 aromatic heterocycles. The Balaban J connectivity index is 1.67. The van der Waals surface area contributed by atoms with E-state index < -0.39 is 47.1 Å². The predicted octanol–water partition coefficient (Wildman–Crippen LogP) is 2.40. The molecule has 3 atom stereocenters. The highest BCUT2D eigenvalue weighted by Crippen LogP contribution is 2.53. The van der Waals surface area contributed by atoms with Crippen LogP contribution in [0, 0.1) is 0 Å². The Bertz CT molecular complexity index is 1310. The van der Waals surface area contributed by atoms with E-state index in [1.807, 2.05) is 0 Å². The first-order chi connectivity index (χ1) is 16.1. The average Bonchev–Trinajstić information content (AvgIpc) is 2.78. The predicted molar refractivity (Wildman–Crippen MR) is 114 cm³/mol. The van der Waals surface area contributed by atoms with Gasteiger partial charge in [0.15, 0.2) is 28.7 Å². The van der Waals surface area contributed by atoms with E-state index in [0.29, 0.717) is 11.1 Å². The summed E-state index contributed by atoms with van der Waals surface area (Å²) in [5.74, 6) is -4.15. The molecule has 0 bridgehead atoms. The number of phenolic OH excluding ortho intramolecular Hbond substituents is 6. The van der Waals surface area contributed by atoms with Gasteiger partial charge in [0.05, 0.1) is 12.5 Å². The third-order valence-corrected chi connectivity index (χ3v) is 6.13. The molecule has 0 unspecified atom stereocenters. The number of rotatable bonds is 2. The highest BCUT2D eigenvalue weighted by atomic mass is 16.5. The molecule has 2 aliphatic rings. The fourth-order valence-corrected chi connectivity index (χ4v) is 4.50. The van der Waals surface area contributed by atoms with Gasteiger partial charge in [0.1, 0.15) is 23.4 Å². The van der Waals surface area contributed by atoms with E-state index in [9.17, 15) is 40.5 Å². The van der Waals surface area contributed by atoms with Crippen molar-refractivity contribution in [2.45, 2.75) is 31.0 Å². The lowest BCUT2D eigenvalue weighted by molar-refractivity contribution is -0.135. The molecule has 0 aliphatic carbocycles. The van der Waals surface area contributed by atoms with Gasteiger partial charge in [-0.1, -0.05) is 6.07 Å². The number of aliphatic hydroxyl groups excluding tert-OH is 1. The van der Waals surface area contributed by atoms with Crippen LogP contribution >= 0.6 is 0 Å². The lowest BCUT2D eigenvalue weighted by Gasteiger charge is -2.36. The van der Waals surface area contributed by atoms with Crippen molar-refractivity contribution in [3.8, 4) is 46.0 Å². The zero-order valence-electron chi connectivity index (χ0n) is 17.5. The van der Waals surface area contributed by atoms with E-state index in [-0.39, 0.29) is 47.0 Å². The zero-order chi connectivity index (χ0) is 24.3. The molecule has 3 aromatic carbocycles. The van der Waals surface area contributed by atoms with Gasteiger partial charge in [0.2, 0.25) is 0 Å². The second-order valence-corrected chi connectivity index (χ2v) is 8.31. The molecule has 3 aromatic rings. The topological polar surface area (TPSA) is 177 Å². The second-order valence-electron chi connectivity index (χ2n) is 8.31. The summed E-state index contributed by atoms with van der Waals surface area (Å²) in [5.41, 5.74) is 1.25. The van der Waals surface area contributed by atoms with Crippen LogP contribution in [-0.2, 0) is 11.2 Å². The summed E-state index contributed by atoms with van der Waals surface area (Å²) in [4.78, 5) is 12.3. The SMILES string of the molecule is O=C1C[C@H](c2cc(O)c(O)c(O)c2)c2c(cc(O)c3c2O[C@@H](c2ccc(O)c(O)c2)[C@H](O)C3)O1. The monoisotopic (exact) mass is 468 g/mol. The van der Waals surface area contributed by atoms with Crippen LogP contribution in [0.5, 0.6) is 46.0 Å². The third kappa shape index (κ3) is 3.35. The number of fused-ring (bicyclic) bond motifs is 3. The number of hydrogen-bond acceptors (Lipinski definition) is 10. The Morgan fingerprint density at radius 1 is 0.765 bits per heavy atom. The van der Waals surface area contributed by atoms with Crippen molar-refractivity contribution in [3.05, 3.63) is 58.7 Å². The Labute approximate surface area is 192 Å². The molecular formula is C24H20O10. The van der Waals surface area contributed by atoms with Gasteiger partial charge in [-0.05, 0) is 35.4 Å². The first kappa shape index (κ1) is 21.5. The van der Waals surface area contributed by atoms with E-state index in [0.717, 1.165) is 0 Å². The van der Waals surface area contributed by atoms with E-state index in [4.69, 9.17) is 9.47 Å².